The summed E-state index contributed by atoms with van der Waals surface area (Å²) in [6.45, 7) is 9.13. The van der Waals surface area contributed by atoms with Gasteiger partial charge >= 0.3 is 0 Å². The Morgan fingerprint density at radius 3 is 2.56 bits per heavy atom. The minimum Gasteiger partial charge on any atom is -0.482 e. The van der Waals surface area contributed by atoms with Crippen molar-refractivity contribution < 1.29 is 4.74 Å². The maximum absolute atomic E-state index is 6.21. The second kappa shape index (κ2) is 8.93. The van der Waals surface area contributed by atoms with Gasteiger partial charge < -0.3 is 9.30 Å². The van der Waals surface area contributed by atoms with Gasteiger partial charge in [-0.2, -0.15) is 0 Å². The fourth-order valence-electron chi connectivity index (χ4n) is 2.83. The highest BCUT2D eigenvalue weighted by Crippen LogP contribution is 2.29. The summed E-state index contributed by atoms with van der Waals surface area (Å²) in [5.41, 5.74) is 3.65. The van der Waals surface area contributed by atoms with Crippen LogP contribution in [-0.2, 0) is 12.3 Å². The molecule has 0 spiro atoms. The number of aryl methyl sites for hydroxylation is 1. The first-order valence-corrected chi connectivity index (χ1v) is 10.8. The average molecular weight is 446 g/mol. The van der Waals surface area contributed by atoms with Crippen LogP contribution in [0.3, 0.4) is 0 Å². The average Bonchev–Trinajstić information content (AvgIpc) is 3.08. The summed E-state index contributed by atoms with van der Waals surface area (Å²) in [7, 11) is 0. The van der Waals surface area contributed by atoms with E-state index in [-0.39, 0.29) is 6.10 Å². The van der Waals surface area contributed by atoms with Gasteiger partial charge in [0.2, 0.25) is 0 Å². The first-order valence-electron chi connectivity index (χ1n) is 9.02. The van der Waals surface area contributed by atoms with Gasteiger partial charge in [-0.05, 0) is 62.6 Å². The molecular weight excluding hydrogens is 422 g/mol. The van der Waals surface area contributed by atoms with E-state index in [1.54, 1.807) is 11.8 Å². The molecule has 3 aromatic rings. The van der Waals surface area contributed by atoms with Crippen molar-refractivity contribution in [2.45, 2.75) is 51.3 Å². The normalized spacial score (nSPS) is 12.2. The first-order chi connectivity index (χ1) is 13.0. The predicted molar refractivity (Wildman–Crippen MR) is 114 cm³/mol. The van der Waals surface area contributed by atoms with Crippen molar-refractivity contribution in [1.29, 1.82) is 0 Å². The lowest BCUT2D eigenvalue weighted by molar-refractivity contribution is 0.208. The number of thioether (sulfide) groups is 1. The van der Waals surface area contributed by atoms with E-state index in [1.165, 1.54) is 11.1 Å². The lowest BCUT2D eigenvalue weighted by atomic mass is 10.1. The first kappa shape index (κ1) is 20.0. The lowest BCUT2D eigenvalue weighted by Crippen LogP contribution is -2.12. The standard InChI is InChI=1S/C21H24BrN3OS/c1-5-25-20(16(4)26-19-8-6-7-14(2)15(19)3)23-24-21(25)27-13-17-9-11-18(22)12-10-17/h6-12,16H,5,13H2,1-4H3. The number of nitrogens with zero attached hydrogens (tertiary/aromatic N) is 3. The number of ether oxygens (including phenoxy) is 1. The molecule has 0 aliphatic rings. The molecule has 142 valence electrons. The van der Waals surface area contributed by atoms with E-state index in [0.717, 1.165) is 39.1 Å². The molecule has 0 saturated carbocycles. The van der Waals surface area contributed by atoms with Gasteiger partial charge in [0.1, 0.15) is 5.75 Å². The van der Waals surface area contributed by atoms with Crippen LogP contribution in [0.5, 0.6) is 5.75 Å². The van der Waals surface area contributed by atoms with Crippen LogP contribution in [0.4, 0.5) is 0 Å². The van der Waals surface area contributed by atoms with Gasteiger partial charge in [0.25, 0.3) is 0 Å². The van der Waals surface area contributed by atoms with Gasteiger partial charge in [-0.25, -0.2) is 0 Å². The van der Waals surface area contributed by atoms with Gasteiger partial charge in [-0.1, -0.05) is 52.0 Å². The summed E-state index contributed by atoms with van der Waals surface area (Å²) in [6.07, 6.45) is -0.167. The molecule has 0 radical (unpaired) electrons. The van der Waals surface area contributed by atoms with Crippen LogP contribution in [0.25, 0.3) is 0 Å². The number of hydrogen-bond acceptors (Lipinski definition) is 4. The summed E-state index contributed by atoms with van der Waals surface area (Å²) in [5, 5.41) is 9.75. The predicted octanol–water partition coefficient (Wildman–Crippen LogP) is 6.11. The maximum atomic E-state index is 6.21. The fraction of sp³-hybridized carbons (Fsp3) is 0.333. The summed E-state index contributed by atoms with van der Waals surface area (Å²) in [4.78, 5) is 0. The Hall–Kier alpha value is -1.79. The van der Waals surface area contributed by atoms with Crippen molar-refractivity contribution >= 4 is 27.7 Å². The third kappa shape index (κ3) is 4.74. The summed E-state index contributed by atoms with van der Waals surface area (Å²) in [5.74, 6) is 2.62. The Balaban J connectivity index is 1.74. The Morgan fingerprint density at radius 2 is 1.85 bits per heavy atom. The van der Waals surface area contributed by atoms with Gasteiger partial charge in [-0.3, -0.25) is 0 Å². The van der Waals surface area contributed by atoms with Gasteiger partial charge in [-0.15, -0.1) is 10.2 Å². The minimum absolute atomic E-state index is 0.167. The zero-order valence-electron chi connectivity index (χ0n) is 16.1. The van der Waals surface area contributed by atoms with Crippen molar-refractivity contribution in [2.24, 2.45) is 0 Å². The van der Waals surface area contributed by atoms with Crippen molar-refractivity contribution in [2.75, 3.05) is 0 Å². The molecule has 1 unspecified atom stereocenters. The molecule has 0 saturated heterocycles. The Labute approximate surface area is 173 Å². The summed E-state index contributed by atoms with van der Waals surface area (Å²) < 4.78 is 9.43. The third-order valence-corrected chi connectivity index (χ3v) is 6.13. The van der Waals surface area contributed by atoms with E-state index in [1.807, 2.05) is 19.1 Å². The van der Waals surface area contributed by atoms with Gasteiger partial charge in [0.15, 0.2) is 17.1 Å². The number of halogens is 1. The molecule has 4 nitrogen and oxygen atoms in total. The molecule has 1 aromatic heterocycles. The molecule has 27 heavy (non-hydrogen) atoms. The minimum atomic E-state index is -0.167. The van der Waals surface area contributed by atoms with Crippen LogP contribution in [0.1, 0.15) is 42.5 Å². The van der Waals surface area contributed by atoms with Gasteiger partial charge in [0, 0.05) is 16.8 Å². The Bertz CT molecular complexity index is 908. The number of rotatable bonds is 7. The van der Waals surface area contributed by atoms with Crippen LogP contribution in [0.2, 0.25) is 0 Å². The largest absolute Gasteiger partial charge is 0.482 e. The highest BCUT2D eigenvalue weighted by atomic mass is 79.9. The quantitative estimate of drug-likeness (QED) is 0.411. The molecule has 0 aliphatic heterocycles. The molecule has 1 atom stereocenters. The number of benzene rings is 2. The topological polar surface area (TPSA) is 39.9 Å². The fourth-order valence-corrected chi connectivity index (χ4v) is 4.06. The molecule has 3 rings (SSSR count). The zero-order chi connectivity index (χ0) is 19.4. The van der Waals surface area contributed by atoms with E-state index in [9.17, 15) is 0 Å². The molecule has 1 heterocycles. The summed E-state index contributed by atoms with van der Waals surface area (Å²) >= 11 is 5.17. The van der Waals surface area contributed by atoms with Crippen LogP contribution < -0.4 is 4.74 Å². The monoisotopic (exact) mass is 445 g/mol. The summed E-state index contributed by atoms with van der Waals surface area (Å²) in [6, 6.07) is 14.5. The van der Waals surface area contributed by atoms with Crippen molar-refractivity contribution in [3.05, 3.63) is 69.5 Å². The second-order valence-corrected chi connectivity index (χ2v) is 8.32. The van der Waals surface area contributed by atoms with Crippen LogP contribution in [0, 0.1) is 13.8 Å². The molecule has 0 amide bonds. The SMILES string of the molecule is CCn1c(SCc2ccc(Br)cc2)nnc1C(C)Oc1cccc(C)c1C. The van der Waals surface area contributed by atoms with E-state index < -0.39 is 0 Å². The van der Waals surface area contributed by atoms with Crippen molar-refractivity contribution in [3.8, 4) is 5.75 Å². The van der Waals surface area contributed by atoms with E-state index in [0.29, 0.717) is 0 Å². The van der Waals surface area contributed by atoms with Crippen LogP contribution >= 0.6 is 27.7 Å². The van der Waals surface area contributed by atoms with Crippen LogP contribution in [-0.4, -0.2) is 14.8 Å². The Morgan fingerprint density at radius 1 is 1.11 bits per heavy atom. The maximum Gasteiger partial charge on any atom is 0.191 e. The van der Waals surface area contributed by atoms with Crippen molar-refractivity contribution in [3.63, 3.8) is 0 Å². The number of hydrogen-bond donors (Lipinski definition) is 0. The molecule has 6 heteroatoms. The highest BCUT2D eigenvalue weighted by Gasteiger charge is 2.19. The molecule has 2 aromatic carbocycles. The zero-order valence-corrected chi connectivity index (χ0v) is 18.5. The van der Waals surface area contributed by atoms with Gasteiger partial charge in [0.05, 0.1) is 0 Å². The molecule has 0 N–H and O–H groups in total. The van der Waals surface area contributed by atoms with E-state index >= 15 is 0 Å². The highest BCUT2D eigenvalue weighted by molar-refractivity contribution is 9.10. The number of aromatic nitrogens is 3. The van der Waals surface area contributed by atoms with Crippen LogP contribution in [0.15, 0.2) is 52.1 Å². The third-order valence-electron chi connectivity index (χ3n) is 4.57. The Kier molecular flexibility index (Phi) is 6.60. The molecule has 0 aliphatic carbocycles. The molecule has 0 bridgehead atoms. The second-order valence-electron chi connectivity index (χ2n) is 6.46. The molecular formula is C21H24BrN3OS. The van der Waals surface area contributed by atoms with E-state index in [4.69, 9.17) is 4.74 Å². The van der Waals surface area contributed by atoms with Crippen molar-refractivity contribution in [1.82, 2.24) is 14.8 Å². The lowest BCUT2D eigenvalue weighted by Gasteiger charge is -2.17. The molecule has 0 fully saturated rings. The smallest absolute Gasteiger partial charge is 0.191 e. The van der Waals surface area contributed by atoms with E-state index in [2.05, 4.69) is 81.8 Å².